The molecule has 4 aromatic rings. The first-order valence-corrected chi connectivity index (χ1v) is 9.67. The van der Waals surface area contributed by atoms with Crippen LogP contribution in [0.2, 0.25) is 5.02 Å². The normalized spacial score (nSPS) is 12.3. The molecule has 27 heavy (non-hydrogen) atoms. The van der Waals surface area contributed by atoms with Crippen molar-refractivity contribution in [2.24, 2.45) is 0 Å². The second-order valence-electron chi connectivity index (χ2n) is 6.17. The van der Waals surface area contributed by atoms with Gasteiger partial charge < -0.3 is 5.32 Å². The van der Waals surface area contributed by atoms with E-state index in [1.54, 1.807) is 0 Å². The number of halogens is 1. The number of aryl methyl sites for hydroxylation is 1. The molecule has 1 N–H and O–H groups in total. The van der Waals surface area contributed by atoms with E-state index in [0.717, 1.165) is 21.3 Å². The van der Waals surface area contributed by atoms with Crippen LogP contribution in [0, 0.1) is 6.92 Å². The molecule has 0 amide bonds. The van der Waals surface area contributed by atoms with Gasteiger partial charge >= 0.3 is 0 Å². The number of nitrogens with zero attached hydrogens (tertiary/aromatic N) is 6. The van der Waals surface area contributed by atoms with E-state index in [0.29, 0.717) is 17.5 Å². The molecule has 1 atom stereocenters. The largest absolute Gasteiger partial charge is 0.313 e. The van der Waals surface area contributed by atoms with Gasteiger partial charge in [0.05, 0.1) is 12.2 Å². The zero-order valence-electron chi connectivity index (χ0n) is 14.9. The van der Waals surface area contributed by atoms with Crippen molar-refractivity contribution in [1.82, 2.24) is 29.8 Å². The quantitative estimate of drug-likeness (QED) is 0.523. The van der Waals surface area contributed by atoms with Crippen LogP contribution in [-0.4, -0.2) is 29.8 Å². The van der Waals surface area contributed by atoms with Crippen LogP contribution < -0.4 is 5.32 Å². The molecule has 3 aromatic heterocycles. The lowest BCUT2D eigenvalue weighted by molar-refractivity contribution is 0.554. The molecule has 0 radical (unpaired) electrons. The van der Waals surface area contributed by atoms with Crippen LogP contribution in [0.1, 0.15) is 29.2 Å². The number of hydrogen-bond donors (Lipinski definition) is 1. The fourth-order valence-electron chi connectivity index (χ4n) is 2.64. The highest BCUT2D eigenvalue weighted by atomic mass is 35.5. The number of hydrogen-bond acceptors (Lipinski definition) is 6. The Balaban J connectivity index is 1.44. The number of nitrogens with one attached hydrogen (secondary N) is 1. The standard InChI is InChI=1S/C18H18ClN7S/c1-12-7-10-26(23-12)13(2)17-21-22-18(27-17)20-16-8-9-25(24-16)11-14-5-3-4-6-15(14)19/h3-10,13H,11H2,1-2H3,(H,20,22,24)/t13-/m0/s1. The van der Waals surface area contributed by atoms with Crippen LogP contribution in [0.25, 0.3) is 0 Å². The summed E-state index contributed by atoms with van der Waals surface area (Å²) in [5, 5.41) is 23.0. The predicted octanol–water partition coefficient (Wildman–Crippen LogP) is 4.29. The maximum Gasteiger partial charge on any atom is 0.211 e. The number of benzene rings is 1. The van der Waals surface area contributed by atoms with E-state index in [2.05, 4.69) is 32.6 Å². The van der Waals surface area contributed by atoms with Crippen molar-refractivity contribution >= 4 is 33.9 Å². The van der Waals surface area contributed by atoms with Crippen molar-refractivity contribution in [3.63, 3.8) is 0 Å². The van der Waals surface area contributed by atoms with Crippen molar-refractivity contribution in [2.45, 2.75) is 26.4 Å². The molecule has 0 aliphatic carbocycles. The fourth-order valence-corrected chi connectivity index (χ4v) is 3.63. The molecule has 0 aliphatic heterocycles. The van der Waals surface area contributed by atoms with Crippen LogP contribution in [0.5, 0.6) is 0 Å². The van der Waals surface area contributed by atoms with Crippen molar-refractivity contribution in [2.75, 3.05) is 5.32 Å². The van der Waals surface area contributed by atoms with Gasteiger partial charge in [-0.1, -0.05) is 41.1 Å². The van der Waals surface area contributed by atoms with Crippen molar-refractivity contribution in [3.05, 3.63) is 70.1 Å². The Bertz CT molecular complexity index is 1050. The summed E-state index contributed by atoms with van der Waals surface area (Å²) < 4.78 is 3.72. The Morgan fingerprint density at radius 3 is 2.74 bits per heavy atom. The highest BCUT2D eigenvalue weighted by molar-refractivity contribution is 7.15. The lowest BCUT2D eigenvalue weighted by Crippen LogP contribution is -2.07. The van der Waals surface area contributed by atoms with E-state index in [1.165, 1.54) is 11.3 Å². The number of aromatic nitrogens is 6. The van der Waals surface area contributed by atoms with Gasteiger partial charge in [0.2, 0.25) is 5.13 Å². The zero-order chi connectivity index (χ0) is 18.8. The molecule has 7 nitrogen and oxygen atoms in total. The third-order valence-electron chi connectivity index (χ3n) is 4.10. The highest BCUT2D eigenvalue weighted by Gasteiger charge is 2.15. The molecule has 0 saturated heterocycles. The van der Waals surface area contributed by atoms with E-state index < -0.39 is 0 Å². The van der Waals surface area contributed by atoms with Crippen molar-refractivity contribution in [1.29, 1.82) is 0 Å². The molecule has 4 rings (SSSR count). The second-order valence-corrected chi connectivity index (χ2v) is 7.59. The molecule has 0 bridgehead atoms. The fraction of sp³-hybridized carbons (Fsp3) is 0.222. The average molecular weight is 400 g/mol. The first kappa shape index (κ1) is 17.7. The SMILES string of the molecule is Cc1ccn([C@@H](C)c2nnc(Nc3ccn(Cc4ccccc4Cl)n3)s2)n1. The lowest BCUT2D eigenvalue weighted by Gasteiger charge is -2.07. The van der Waals surface area contributed by atoms with Crippen LogP contribution in [0.15, 0.2) is 48.8 Å². The van der Waals surface area contributed by atoms with E-state index in [4.69, 9.17) is 11.6 Å². The summed E-state index contributed by atoms with van der Waals surface area (Å²) in [6, 6.07) is 11.7. The van der Waals surface area contributed by atoms with E-state index in [-0.39, 0.29) is 6.04 Å². The molecule has 0 fully saturated rings. The third kappa shape index (κ3) is 4.01. The predicted molar refractivity (Wildman–Crippen MR) is 107 cm³/mol. The Morgan fingerprint density at radius 2 is 1.96 bits per heavy atom. The van der Waals surface area contributed by atoms with Crippen molar-refractivity contribution < 1.29 is 0 Å². The summed E-state index contributed by atoms with van der Waals surface area (Å²) in [4.78, 5) is 0. The van der Waals surface area contributed by atoms with E-state index in [9.17, 15) is 0 Å². The molecule has 0 spiro atoms. The molecule has 3 heterocycles. The van der Waals surface area contributed by atoms with Crippen molar-refractivity contribution in [3.8, 4) is 0 Å². The molecule has 1 aromatic carbocycles. The zero-order valence-corrected chi connectivity index (χ0v) is 16.4. The minimum absolute atomic E-state index is 0.0320. The summed E-state index contributed by atoms with van der Waals surface area (Å²) in [6.45, 7) is 4.63. The first-order chi connectivity index (χ1) is 13.1. The van der Waals surface area contributed by atoms with E-state index >= 15 is 0 Å². The van der Waals surface area contributed by atoms with Crippen LogP contribution in [0.4, 0.5) is 10.9 Å². The third-order valence-corrected chi connectivity index (χ3v) is 5.48. The first-order valence-electron chi connectivity index (χ1n) is 8.47. The van der Waals surface area contributed by atoms with Gasteiger partial charge in [-0.25, -0.2) is 0 Å². The molecule has 0 aliphatic rings. The van der Waals surface area contributed by atoms with Gasteiger partial charge in [-0.3, -0.25) is 9.36 Å². The lowest BCUT2D eigenvalue weighted by atomic mass is 10.2. The molecule has 0 saturated carbocycles. The molecular formula is C18H18ClN7S. The van der Waals surface area contributed by atoms with Crippen LogP contribution in [-0.2, 0) is 6.54 Å². The van der Waals surface area contributed by atoms with Crippen LogP contribution >= 0.6 is 22.9 Å². The van der Waals surface area contributed by atoms with Crippen LogP contribution in [0.3, 0.4) is 0 Å². The maximum atomic E-state index is 6.21. The Kier molecular flexibility index (Phi) is 4.91. The topological polar surface area (TPSA) is 73.5 Å². The summed E-state index contributed by atoms with van der Waals surface area (Å²) in [5.41, 5.74) is 2.00. The van der Waals surface area contributed by atoms with Gasteiger partial charge in [0.1, 0.15) is 11.0 Å². The molecule has 0 unspecified atom stereocenters. The Labute approximate surface area is 165 Å². The summed E-state index contributed by atoms with van der Waals surface area (Å²) in [7, 11) is 0. The Hall–Kier alpha value is -2.71. The maximum absolute atomic E-state index is 6.21. The molecule has 138 valence electrons. The van der Waals surface area contributed by atoms with Gasteiger partial charge in [0.15, 0.2) is 5.82 Å². The van der Waals surface area contributed by atoms with E-state index in [1.807, 2.05) is 65.1 Å². The monoisotopic (exact) mass is 399 g/mol. The minimum atomic E-state index is 0.0320. The minimum Gasteiger partial charge on any atom is -0.313 e. The number of rotatable bonds is 6. The van der Waals surface area contributed by atoms with Gasteiger partial charge in [-0.2, -0.15) is 10.2 Å². The van der Waals surface area contributed by atoms with Gasteiger partial charge in [0, 0.05) is 23.5 Å². The summed E-state index contributed by atoms with van der Waals surface area (Å²) in [6.07, 6.45) is 3.85. The smallest absolute Gasteiger partial charge is 0.211 e. The van der Waals surface area contributed by atoms with Gasteiger partial charge in [-0.15, -0.1) is 10.2 Å². The average Bonchev–Trinajstić information content (AvgIpc) is 3.39. The second kappa shape index (κ2) is 7.50. The Morgan fingerprint density at radius 1 is 1.11 bits per heavy atom. The molecular weight excluding hydrogens is 382 g/mol. The van der Waals surface area contributed by atoms with Gasteiger partial charge in [-0.05, 0) is 31.5 Å². The summed E-state index contributed by atoms with van der Waals surface area (Å²) in [5.74, 6) is 0.715. The highest BCUT2D eigenvalue weighted by Crippen LogP contribution is 2.26. The molecule has 9 heteroatoms. The number of anilines is 2. The van der Waals surface area contributed by atoms with Gasteiger partial charge in [0.25, 0.3) is 0 Å². The summed E-state index contributed by atoms with van der Waals surface area (Å²) >= 11 is 7.71.